The van der Waals surface area contributed by atoms with Gasteiger partial charge in [-0.05, 0) is 6.42 Å². The number of carboxylic acid groups (broad SMARTS) is 1. The van der Waals surface area contributed by atoms with E-state index in [0.717, 1.165) is 19.3 Å². The summed E-state index contributed by atoms with van der Waals surface area (Å²) < 4.78 is 5.33. The average molecular weight is 870 g/mol. The van der Waals surface area contributed by atoms with E-state index in [-0.39, 0.29) is 75.0 Å². The van der Waals surface area contributed by atoms with Crippen molar-refractivity contribution in [2.24, 2.45) is 23.7 Å². The van der Waals surface area contributed by atoms with Gasteiger partial charge in [0, 0.05) is 21.1 Å². The number of fused-ring (bicyclic) bond motifs is 1. The van der Waals surface area contributed by atoms with Gasteiger partial charge in [-0.15, -0.1) is 0 Å². The molecular formula is C19H26O4W3. The molecule has 0 saturated heterocycles. The van der Waals surface area contributed by atoms with Gasteiger partial charge in [-0.1, -0.05) is 44.4 Å². The Hall–Kier alpha value is 0.485. The molecule has 0 aromatic rings. The normalized spacial score (nSPS) is 25.7. The van der Waals surface area contributed by atoms with Crippen LogP contribution in [0, 0.1) is 49.4 Å². The van der Waals surface area contributed by atoms with Crippen LogP contribution >= 0.6 is 0 Å². The fraction of sp³-hybridized carbons (Fsp3) is 0.579. The Balaban J connectivity index is 0. The molecule has 0 aromatic heterocycles. The van der Waals surface area contributed by atoms with Crippen molar-refractivity contribution in [3.8, 4) is 0 Å². The molecule has 1 saturated carbocycles. The molecule has 26 heavy (non-hydrogen) atoms. The molecule has 0 aliphatic heterocycles. The molecule has 0 radical (unpaired) electrons. The number of rotatable bonds is 8. The molecule has 1 fully saturated rings. The molecular weight excluding hydrogens is 844 g/mol. The van der Waals surface area contributed by atoms with Crippen LogP contribution in [0.15, 0.2) is 12.2 Å². The van der Waals surface area contributed by atoms with E-state index < -0.39 is 23.8 Å². The standard InChI is InChI=1S/C19H26O4.3W/c1-2-3-4-5-8-11-23-19(22)17-13-15-10-7-6-9-14(15)12-16(17)18(20)21;;;/h6-7,9-10,12-17H,2-5,8,11H2,1H3,(H,20,21);;;/q-4;;2*+2. The third-order valence-electron chi connectivity index (χ3n) is 4.52. The van der Waals surface area contributed by atoms with Gasteiger partial charge in [0.1, 0.15) is 0 Å². The molecule has 0 heterocycles. The van der Waals surface area contributed by atoms with Crippen LogP contribution in [0.25, 0.3) is 0 Å². The van der Waals surface area contributed by atoms with Gasteiger partial charge in [-0.3, -0.25) is 21.4 Å². The molecule has 144 valence electrons. The van der Waals surface area contributed by atoms with E-state index >= 15 is 0 Å². The number of aliphatic carboxylic acids is 1. The summed E-state index contributed by atoms with van der Waals surface area (Å²) in [5.41, 5.74) is 0. The van der Waals surface area contributed by atoms with E-state index in [4.69, 9.17) is 4.74 Å². The number of hydrogen-bond acceptors (Lipinski definition) is 3. The number of ether oxygens (including phenoxy) is 1. The van der Waals surface area contributed by atoms with E-state index in [9.17, 15) is 14.7 Å². The van der Waals surface area contributed by atoms with Crippen LogP contribution in [0.3, 0.4) is 0 Å². The summed E-state index contributed by atoms with van der Waals surface area (Å²) in [7, 11) is 0. The Morgan fingerprint density at radius 1 is 0.962 bits per heavy atom. The minimum absolute atomic E-state index is 0. The minimum Gasteiger partial charge on any atom is -0.483 e. The molecule has 7 heteroatoms. The number of carbonyl (C=O) groups excluding carboxylic acids is 1. The second kappa shape index (κ2) is 15.4. The Morgan fingerprint density at radius 2 is 1.50 bits per heavy atom. The van der Waals surface area contributed by atoms with Gasteiger partial charge in [0.05, 0.1) is 6.61 Å². The summed E-state index contributed by atoms with van der Waals surface area (Å²) in [6, 6.07) is 0. The summed E-state index contributed by atoms with van der Waals surface area (Å²) in [5.74, 6) is -2.74. The van der Waals surface area contributed by atoms with Crippen LogP contribution in [-0.2, 0) is 77.5 Å². The molecule has 4 unspecified atom stereocenters. The van der Waals surface area contributed by atoms with Gasteiger partial charge in [-0.2, -0.15) is 0 Å². The fourth-order valence-electron chi connectivity index (χ4n) is 3.18. The molecule has 4 atom stereocenters. The summed E-state index contributed by atoms with van der Waals surface area (Å²) in [6.45, 7) is 2.53. The first-order chi connectivity index (χ1) is 11.1. The summed E-state index contributed by atoms with van der Waals surface area (Å²) in [4.78, 5) is 23.8. The van der Waals surface area contributed by atoms with Gasteiger partial charge in [0.2, 0.25) is 0 Å². The minimum atomic E-state index is -0.965. The molecule has 2 aliphatic carbocycles. The number of hydrogen-bond donors (Lipinski definition) is 1. The summed E-state index contributed by atoms with van der Waals surface area (Å²) in [6.07, 6.45) is 16.8. The van der Waals surface area contributed by atoms with Gasteiger partial charge < -0.3 is 47.7 Å². The number of carbonyl (C=O) groups is 2. The Bertz CT molecular complexity index is 443. The SMILES string of the molecule is CCCCCCCOC(=O)C1[CH-]C2[CH-]C=C[CH-]C2[CH-]C1C(=O)O.[W+2].[W+2].[W]. The Labute approximate surface area is 200 Å². The molecule has 1 N–H and O–H groups in total. The van der Waals surface area contributed by atoms with Crippen molar-refractivity contribution in [1.82, 2.24) is 0 Å². The Kier molecular flexibility index (Phi) is 17.0. The fourth-order valence-corrected chi connectivity index (χ4v) is 3.18. The van der Waals surface area contributed by atoms with Crippen molar-refractivity contribution >= 4 is 11.9 Å². The van der Waals surface area contributed by atoms with E-state index in [2.05, 4.69) is 6.92 Å². The van der Waals surface area contributed by atoms with Crippen molar-refractivity contribution in [2.75, 3.05) is 6.61 Å². The first-order valence-corrected chi connectivity index (χ1v) is 8.58. The van der Waals surface area contributed by atoms with Crippen LogP contribution in [0.1, 0.15) is 39.0 Å². The maximum Gasteiger partial charge on any atom is 2.00 e. The van der Waals surface area contributed by atoms with Crippen LogP contribution in [-0.4, -0.2) is 23.7 Å². The van der Waals surface area contributed by atoms with Crippen LogP contribution in [0.5, 0.6) is 0 Å². The largest absolute Gasteiger partial charge is 2.00 e. The monoisotopic (exact) mass is 870 g/mol. The van der Waals surface area contributed by atoms with E-state index in [0.29, 0.717) is 6.61 Å². The first kappa shape index (κ1) is 28.7. The topological polar surface area (TPSA) is 63.6 Å². The molecule has 2 rings (SSSR count). The second-order valence-corrected chi connectivity index (χ2v) is 6.28. The molecule has 0 aromatic carbocycles. The van der Waals surface area contributed by atoms with Gasteiger partial charge in [-0.25, -0.2) is 0 Å². The predicted molar refractivity (Wildman–Crippen MR) is 87.7 cm³/mol. The van der Waals surface area contributed by atoms with E-state index in [1.165, 1.54) is 12.8 Å². The van der Waals surface area contributed by atoms with Crippen molar-refractivity contribution in [1.29, 1.82) is 0 Å². The summed E-state index contributed by atoms with van der Waals surface area (Å²) >= 11 is 0. The van der Waals surface area contributed by atoms with Gasteiger partial charge in [0.25, 0.3) is 11.9 Å². The maximum absolute atomic E-state index is 12.3. The quantitative estimate of drug-likeness (QED) is 0.231. The summed E-state index contributed by atoms with van der Waals surface area (Å²) in [5, 5.41) is 9.42. The molecule has 2 aliphatic rings. The maximum atomic E-state index is 12.3. The van der Waals surface area contributed by atoms with Crippen LogP contribution in [0.2, 0.25) is 0 Å². The van der Waals surface area contributed by atoms with E-state index in [1.807, 2.05) is 31.4 Å². The number of carboxylic acids is 1. The smallest absolute Gasteiger partial charge is 0.483 e. The second-order valence-electron chi connectivity index (χ2n) is 6.28. The molecule has 0 bridgehead atoms. The molecule has 0 spiro atoms. The first-order valence-electron chi connectivity index (χ1n) is 8.58. The molecule has 0 amide bonds. The van der Waals surface area contributed by atoms with Crippen molar-refractivity contribution < 1.29 is 82.6 Å². The third kappa shape index (κ3) is 8.66. The Morgan fingerprint density at radius 3 is 2.04 bits per heavy atom. The van der Waals surface area contributed by atoms with Crippen LogP contribution in [0.4, 0.5) is 0 Å². The zero-order valence-corrected chi connectivity index (χ0v) is 23.7. The van der Waals surface area contributed by atoms with Crippen molar-refractivity contribution in [3.63, 3.8) is 0 Å². The zero-order valence-electron chi connectivity index (χ0n) is 14.9. The van der Waals surface area contributed by atoms with Gasteiger partial charge >= 0.3 is 42.1 Å². The number of unbranched alkanes of at least 4 members (excludes halogenated alkanes) is 4. The zero-order chi connectivity index (χ0) is 16.7. The van der Waals surface area contributed by atoms with E-state index in [1.54, 1.807) is 6.42 Å². The third-order valence-corrected chi connectivity index (χ3v) is 4.52. The molecule has 4 nitrogen and oxygen atoms in total. The van der Waals surface area contributed by atoms with Crippen LogP contribution < -0.4 is 0 Å². The van der Waals surface area contributed by atoms with Crippen molar-refractivity contribution in [2.45, 2.75) is 39.0 Å². The predicted octanol–water partition coefficient (Wildman–Crippen LogP) is 3.44. The number of allylic oxidation sites excluding steroid dienone is 2. The van der Waals surface area contributed by atoms with Crippen molar-refractivity contribution in [3.05, 3.63) is 37.8 Å². The number of esters is 1. The average Bonchev–Trinajstić information content (AvgIpc) is 2.56. The van der Waals surface area contributed by atoms with Gasteiger partial charge in [0.15, 0.2) is 0 Å².